The molecule has 1 unspecified atom stereocenters. The van der Waals surface area contributed by atoms with Crippen molar-refractivity contribution < 1.29 is 28.8 Å². The largest absolute Gasteiger partial charge is 0.386 e. The first kappa shape index (κ1) is 37.6. The van der Waals surface area contributed by atoms with Crippen LogP contribution in [0.2, 0.25) is 0 Å². The van der Waals surface area contributed by atoms with Gasteiger partial charge in [-0.3, -0.25) is 18.6 Å². The molecular weight excluding hydrogens is 665 g/mol. The number of hydrogen-bond acceptors (Lipinski definition) is 16. The van der Waals surface area contributed by atoms with E-state index in [9.17, 15) is 18.6 Å². The molecule has 0 bridgehead atoms. The van der Waals surface area contributed by atoms with E-state index >= 15 is 0 Å². The lowest BCUT2D eigenvalue weighted by molar-refractivity contribution is -0.109. The van der Waals surface area contributed by atoms with Crippen molar-refractivity contribution in [3.05, 3.63) is 0 Å². The maximum absolute atomic E-state index is 12.0. The molecule has 0 spiro atoms. The van der Waals surface area contributed by atoms with Crippen LogP contribution in [0.1, 0.15) is 0 Å². The van der Waals surface area contributed by atoms with Crippen molar-refractivity contribution in [1.82, 2.24) is 0 Å². The molecule has 0 fully saturated rings. The quantitative estimate of drug-likeness (QED) is 0.104. The third kappa shape index (κ3) is 29.4. The third-order valence-electron chi connectivity index (χ3n) is 3.13. The van der Waals surface area contributed by atoms with Gasteiger partial charge in [0.15, 0.2) is 15.3 Å². The first-order chi connectivity index (χ1) is 17.0. The van der Waals surface area contributed by atoms with E-state index in [-0.39, 0.29) is 27.2 Å². The van der Waals surface area contributed by atoms with Crippen LogP contribution in [0.5, 0.6) is 0 Å². The minimum atomic E-state index is -0.972. The molecule has 0 saturated heterocycles. The zero-order valence-corrected chi connectivity index (χ0v) is 28.1. The second-order valence-corrected chi connectivity index (χ2v) is 19.4. The molecule has 0 amide bonds. The molecule has 0 heterocycles. The number of thioether (sulfide) groups is 10. The summed E-state index contributed by atoms with van der Waals surface area (Å²) in [6.07, 6.45) is 0. The average Bonchev–Trinajstić information content (AvgIpc) is 2.84. The molecule has 6 nitrogen and oxygen atoms in total. The Morgan fingerprint density at radius 3 is 1.60 bits per heavy atom. The predicted molar refractivity (Wildman–Crippen MR) is 177 cm³/mol. The molecule has 0 aromatic carbocycles. The topological polar surface area (TPSA) is 109 Å². The van der Waals surface area contributed by atoms with Crippen molar-refractivity contribution in [3.8, 4) is 0 Å². The Bertz CT molecular complexity index is 585. The second-order valence-electron chi connectivity index (χ2n) is 5.81. The van der Waals surface area contributed by atoms with E-state index in [4.69, 9.17) is 10.2 Å². The van der Waals surface area contributed by atoms with Crippen molar-refractivity contribution >= 4 is 144 Å². The summed E-state index contributed by atoms with van der Waals surface area (Å²) in [5.74, 6) is 5.78. The van der Waals surface area contributed by atoms with E-state index in [0.717, 1.165) is 33.2 Å². The number of rotatable bonds is 25. The van der Waals surface area contributed by atoms with Crippen LogP contribution in [0.3, 0.4) is 0 Å². The molecule has 0 aliphatic carbocycles. The van der Waals surface area contributed by atoms with Gasteiger partial charge in [0.1, 0.15) is 0 Å². The SMILES string of the molecule is O=C(CSCCS(=O)CSCSC(=O)CSCC(=O)SCCSCSCO)SCCSCSCO. The van der Waals surface area contributed by atoms with Gasteiger partial charge in [-0.15, -0.1) is 47.0 Å². The molecule has 0 aliphatic rings. The summed E-state index contributed by atoms with van der Waals surface area (Å²) in [5, 5.41) is 20.3. The zero-order valence-electron chi connectivity index (χ0n) is 19.1. The smallest absolute Gasteiger partial charge is 0.199 e. The van der Waals surface area contributed by atoms with Crippen molar-refractivity contribution in [2.75, 3.05) is 84.0 Å². The normalized spacial score (nSPS) is 12.1. The highest BCUT2D eigenvalue weighted by atomic mass is 32.2. The van der Waals surface area contributed by atoms with Gasteiger partial charge in [-0.25, -0.2) is 0 Å². The van der Waals surface area contributed by atoms with Gasteiger partial charge in [-0.2, -0.15) is 35.3 Å². The summed E-state index contributed by atoms with van der Waals surface area (Å²) >= 11 is 14.4. The third-order valence-corrected chi connectivity index (χ3v) is 16.1. The monoisotopic (exact) mass is 696 g/mol. The Morgan fingerprint density at radius 1 is 0.543 bits per heavy atom. The van der Waals surface area contributed by atoms with Crippen LogP contribution in [0.15, 0.2) is 0 Å². The summed E-state index contributed by atoms with van der Waals surface area (Å²) in [6.45, 7) is 0. The summed E-state index contributed by atoms with van der Waals surface area (Å²) in [5.41, 5.74) is 0. The maximum Gasteiger partial charge on any atom is 0.199 e. The van der Waals surface area contributed by atoms with Gasteiger partial charge >= 0.3 is 0 Å². The minimum absolute atomic E-state index is 0.0276. The molecule has 35 heavy (non-hydrogen) atoms. The van der Waals surface area contributed by atoms with E-state index in [1.165, 1.54) is 94.1 Å². The molecule has 0 rings (SSSR count). The summed E-state index contributed by atoms with van der Waals surface area (Å²) in [7, 11) is -0.972. The lowest BCUT2D eigenvalue weighted by Crippen LogP contribution is -2.06. The molecule has 1 atom stereocenters. The highest BCUT2D eigenvalue weighted by Gasteiger charge is 2.09. The van der Waals surface area contributed by atoms with Crippen LogP contribution in [0.4, 0.5) is 0 Å². The van der Waals surface area contributed by atoms with Crippen molar-refractivity contribution in [1.29, 1.82) is 0 Å². The highest BCUT2D eigenvalue weighted by Crippen LogP contribution is 2.19. The molecule has 0 saturated carbocycles. The van der Waals surface area contributed by atoms with Crippen LogP contribution in [-0.4, -0.2) is 114 Å². The average molecular weight is 697 g/mol. The van der Waals surface area contributed by atoms with Gasteiger partial charge < -0.3 is 10.2 Å². The van der Waals surface area contributed by atoms with Crippen LogP contribution in [0, 0.1) is 0 Å². The molecule has 0 radical (unpaired) electrons. The first-order valence-corrected chi connectivity index (χ1v) is 22.6. The van der Waals surface area contributed by atoms with E-state index in [2.05, 4.69) is 0 Å². The number of aliphatic hydroxyl groups is 2. The van der Waals surface area contributed by atoms with Gasteiger partial charge in [0.25, 0.3) is 0 Å². The fourth-order valence-electron chi connectivity index (χ4n) is 1.68. The first-order valence-electron chi connectivity index (χ1n) is 10.1. The van der Waals surface area contributed by atoms with E-state index in [1.807, 2.05) is 0 Å². The number of aliphatic hydroxyl groups excluding tert-OH is 2. The van der Waals surface area contributed by atoms with E-state index in [0.29, 0.717) is 38.9 Å². The van der Waals surface area contributed by atoms with Crippen molar-refractivity contribution in [2.24, 2.45) is 0 Å². The number of carbonyl (C=O) groups excluding carboxylic acids is 3. The summed E-state index contributed by atoms with van der Waals surface area (Å²) in [4.78, 5) is 35.5. The fraction of sp³-hybridized carbons (Fsp3) is 0.833. The van der Waals surface area contributed by atoms with Crippen LogP contribution in [0.25, 0.3) is 0 Å². The lowest BCUT2D eigenvalue weighted by Gasteiger charge is -2.04. The van der Waals surface area contributed by atoms with Crippen molar-refractivity contribution in [2.45, 2.75) is 0 Å². The van der Waals surface area contributed by atoms with Crippen molar-refractivity contribution in [3.63, 3.8) is 0 Å². The summed E-state index contributed by atoms with van der Waals surface area (Å²) < 4.78 is 12.0. The van der Waals surface area contributed by atoms with Gasteiger partial charge in [-0.05, 0) is 0 Å². The van der Waals surface area contributed by atoms with Gasteiger partial charge in [0.2, 0.25) is 0 Å². The Hall–Kier alpha value is 2.58. The molecule has 0 aromatic rings. The van der Waals surface area contributed by atoms with Gasteiger partial charge in [0, 0.05) is 60.6 Å². The molecule has 17 heteroatoms. The molecule has 0 aromatic heterocycles. The van der Waals surface area contributed by atoms with E-state index in [1.54, 1.807) is 23.5 Å². The molecule has 206 valence electrons. The standard InChI is InChI=1S/C18H32O6S11/c19-10-29-12-26-1-3-32-16(21)7-25-5-6-35(24)15-31-14-34-18(23)9-28-8-17(22)33-4-2-27-13-30-11-20/h19-20H,1-15H2. The molecular formula is C18H32O6S11. The van der Waals surface area contributed by atoms with Gasteiger partial charge in [0.05, 0.1) is 34.2 Å². The minimum Gasteiger partial charge on any atom is -0.386 e. The van der Waals surface area contributed by atoms with Crippen LogP contribution in [-0.2, 0) is 25.2 Å². The molecule has 2 N–H and O–H groups in total. The Kier molecular flexibility index (Phi) is 31.7. The Balaban J connectivity index is 3.51. The number of hydrogen-bond donors (Lipinski definition) is 2. The fourth-order valence-corrected chi connectivity index (χ4v) is 12.9. The van der Waals surface area contributed by atoms with E-state index < -0.39 is 10.8 Å². The van der Waals surface area contributed by atoms with Crippen LogP contribution < -0.4 is 0 Å². The highest BCUT2D eigenvalue weighted by molar-refractivity contribution is 8.27. The lowest BCUT2D eigenvalue weighted by atomic mass is 10.9. The van der Waals surface area contributed by atoms with Gasteiger partial charge in [-0.1, -0.05) is 35.3 Å². The molecule has 0 aliphatic heterocycles. The Morgan fingerprint density at radius 2 is 1.06 bits per heavy atom. The summed E-state index contributed by atoms with van der Waals surface area (Å²) in [6, 6.07) is 0. The van der Waals surface area contributed by atoms with Crippen LogP contribution >= 0.6 is 118 Å². The Labute approximate surface area is 254 Å². The maximum atomic E-state index is 12.0. The second kappa shape index (κ2) is 29.6. The zero-order chi connectivity index (χ0) is 26.0. The predicted octanol–water partition coefficient (Wildman–Crippen LogP) is 4.38. The number of carbonyl (C=O) groups is 3.